The molecule has 112 valence electrons. The molecule has 0 radical (unpaired) electrons. The maximum atomic E-state index is 12.6. The molecule has 0 fully saturated rings. The average molecular weight is 305 g/mol. The van der Waals surface area contributed by atoms with Gasteiger partial charge in [-0.3, -0.25) is 4.31 Å². The fourth-order valence-electron chi connectivity index (χ4n) is 2.03. The molecule has 0 aliphatic carbocycles. The van der Waals surface area contributed by atoms with E-state index in [0.29, 0.717) is 18.0 Å². The van der Waals surface area contributed by atoms with Crippen molar-refractivity contribution in [2.75, 3.05) is 18.0 Å². The van der Waals surface area contributed by atoms with Gasteiger partial charge in [-0.2, -0.15) is 0 Å². The molecular weight excluding hydrogens is 286 g/mol. The number of hydrogen-bond acceptors (Lipinski definition) is 3. The van der Waals surface area contributed by atoms with Crippen LogP contribution in [0.15, 0.2) is 53.4 Å². The first kappa shape index (κ1) is 15.4. The van der Waals surface area contributed by atoms with Crippen LogP contribution in [-0.2, 0) is 10.0 Å². The minimum absolute atomic E-state index is 0.259. The molecule has 0 unspecified atom stereocenters. The van der Waals surface area contributed by atoms with E-state index in [-0.39, 0.29) is 4.90 Å². The van der Waals surface area contributed by atoms with Crippen LogP contribution in [-0.4, -0.2) is 22.1 Å². The molecule has 0 spiro atoms. The molecule has 21 heavy (non-hydrogen) atoms. The van der Waals surface area contributed by atoms with Crippen LogP contribution >= 0.6 is 0 Å². The van der Waals surface area contributed by atoms with Crippen LogP contribution in [0.2, 0.25) is 0 Å². The average Bonchev–Trinajstić information content (AvgIpc) is 2.49. The van der Waals surface area contributed by atoms with Crippen molar-refractivity contribution in [1.29, 1.82) is 0 Å². The minimum Gasteiger partial charge on any atom is -0.494 e. The molecule has 0 aliphatic rings. The standard InChI is InChI=1S/C16H19NO3S/c1-4-20-16-11-10-15(12-13(16)2)21(18,19)17(3)14-8-6-5-7-9-14/h5-12H,4H2,1-3H3. The Bertz CT molecular complexity index is 712. The highest BCUT2D eigenvalue weighted by Crippen LogP contribution is 2.26. The summed E-state index contributed by atoms with van der Waals surface area (Å²) in [4.78, 5) is 0.259. The second kappa shape index (κ2) is 6.18. The number of para-hydroxylation sites is 1. The number of rotatable bonds is 5. The van der Waals surface area contributed by atoms with Gasteiger partial charge < -0.3 is 4.74 Å². The SMILES string of the molecule is CCOc1ccc(S(=O)(=O)N(C)c2ccccc2)cc1C. The number of aryl methyl sites for hydroxylation is 1. The number of anilines is 1. The lowest BCUT2D eigenvalue weighted by Crippen LogP contribution is -2.26. The van der Waals surface area contributed by atoms with E-state index in [2.05, 4.69) is 0 Å². The highest BCUT2D eigenvalue weighted by molar-refractivity contribution is 7.92. The molecule has 0 saturated heterocycles. The molecule has 2 aromatic rings. The molecule has 0 bridgehead atoms. The Morgan fingerprint density at radius 1 is 1.10 bits per heavy atom. The van der Waals surface area contributed by atoms with Gasteiger partial charge in [-0.25, -0.2) is 8.42 Å². The summed E-state index contributed by atoms with van der Waals surface area (Å²) in [6.45, 7) is 4.29. The number of hydrogen-bond donors (Lipinski definition) is 0. The summed E-state index contributed by atoms with van der Waals surface area (Å²) >= 11 is 0. The highest BCUT2D eigenvalue weighted by atomic mass is 32.2. The number of benzene rings is 2. The van der Waals surface area contributed by atoms with E-state index in [1.54, 1.807) is 37.4 Å². The molecule has 5 heteroatoms. The summed E-state index contributed by atoms with van der Waals surface area (Å²) < 4.78 is 32.0. The Morgan fingerprint density at radius 3 is 2.33 bits per heavy atom. The Hall–Kier alpha value is -2.01. The van der Waals surface area contributed by atoms with Gasteiger partial charge in [0, 0.05) is 7.05 Å². The maximum Gasteiger partial charge on any atom is 0.264 e. The first-order valence-electron chi connectivity index (χ1n) is 6.74. The number of nitrogens with zero attached hydrogens (tertiary/aromatic N) is 1. The third kappa shape index (κ3) is 3.19. The molecule has 0 aromatic heterocycles. The topological polar surface area (TPSA) is 46.6 Å². The van der Waals surface area contributed by atoms with Crippen molar-refractivity contribution in [2.24, 2.45) is 0 Å². The van der Waals surface area contributed by atoms with E-state index >= 15 is 0 Å². The molecule has 4 nitrogen and oxygen atoms in total. The largest absolute Gasteiger partial charge is 0.494 e. The van der Waals surface area contributed by atoms with Crippen LogP contribution < -0.4 is 9.04 Å². The van der Waals surface area contributed by atoms with Crippen LogP contribution in [0.3, 0.4) is 0 Å². The molecule has 0 amide bonds. The van der Waals surface area contributed by atoms with E-state index in [4.69, 9.17) is 4.74 Å². The molecule has 0 heterocycles. The van der Waals surface area contributed by atoms with Gasteiger partial charge in [-0.1, -0.05) is 18.2 Å². The third-order valence-electron chi connectivity index (χ3n) is 3.22. The summed E-state index contributed by atoms with van der Waals surface area (Å²) in [5.41, 5.74) is 1.43. The van der Waals surface area contributed by atoms with Gasteiger partial charge in [0.2, 0.25) is 0 Å². The van der Waals surface area contributed by atoms with Gasteiger partial charge in [-0.15, -0.1) is 0 Å². The van der Waals surface area contributed by atoms with Crippen LogP contribution in [0.5, 0.6) is 5.75 Å². The summed E-state index contributed by atoms with van der Waals surface area (Å²) in [5, 5.41) is 0. The van der Waals surface area contributed by atoms with Crippen molar-refractivity contribution in [3.8, 4) is 5.75 Å². The first-order valence-corrected chi connectivity index (χ1v) is 8.18. The Morgan fingerprint density at radius 2 is 1.76 bits per heavy atom. The molecule has 2 aromatic carbocycles. The normalized spacial score (nSPS) is 11.2. The Balaban J connectivity index is 2.38. The quantitative estimate of drug-likeness (QED) is 0.852. The second-order valence-corrected chi connectivity index (χ2v) is 6.64. The van der Waals surface area contributed by atoms with E-state index in [1.807, 2.05) is 32.0 Å². The van der Waals surface area contributed by atoms with E-state index in [9.17, 15) is 8.42 Å². The van der Waals surface area contributed by atoms with Crippen LogP contribution in [0.1, 0.15) is 12.5 Å². The van der Waals surface area contributed by atoms with Gasteiger partial charge in [0.25, 0.3) is 10.0 Å². The first-order chi connectivity index (χ1) is 9.96. The van der Waals surface area contributed by atoms with Gasteiger partial charge in [0.05, 0.1) is 17.2 Å². The molecule has 0 saturated carbocycles. The zero-order valence-electron chi connectivity index (χ0n) is 12.4. The van der Waals surface area contributed by atoms with Crippen molar-refractivity contribution in [3.05, 3.63) is 54.1 Å². The summed E-state index contributed by atoms with van der Waals surface area (Å²) in [5.74, 6) is 0.707. The smallest absolute Gasteiger partial charge is 0.264 e. The van der Waals surface area contributed by atoms with Crippen molar-refractivity contribution >= 4 is 15.7 Å². The van der Waals surface area contributed by atoms with Crippen molar-refractivity contribution in [1.82, 2.24) is 0 Å². The second-order valence-electron chi connectivity index (χ2n) is 4.67. The van der Waals surface area contributed by atoms with Gasteiger partial charge in [-0.05, 0) is 49.7 Å². The van der Waals surface area contributed by atoms with E-state index in [1.165, 1.54) is 4.31 Å². The zero-order valence-corrected chi connectivity index (χ0v) is 13.2. The van der Waals surface area contributed by atoms with Crippen LogP contribution in [0.4, 0.5) is 5.69 Å². The van der Waals surface area contributed by atoms with Gasteiger partial charge in [0.1, 0.15) is 5.75 Å². The third-order valence-corrected chi connectivity index (χ3v) is 5.01. The highest BCUT2D eigenvalue weighted by Gasteiger charge is 2.21. The molecule has 0 N–H and O–H groups in total. The van der Waals surface area contributed by atoms with Gasteiger partial charge in [0.15, 0.2) is 0 Å². The molecular formula is C16H19NO3S. The lowest BCUT2D eigenvalue weighted by Gasteiger charge is -2.20. The predicted octanol–water partition coefficient (Wildman–Crippen LogP) is 3.22. The van der Waals surface area contributed by atoms with Crippen molar-refractivity contribution in [2.45, 2.75) is 18.7 Å². The van der Waals surface area contributed by atoms with Crippen LogP contribution in [0.25, 0.3) is 0 Å². The monoisotopic (exact) mass is 305 g/mol. The van der Waals surface area contributed by atoms with E-state index < -0.39 is 10.0 Å². The lowest BCUT2D eigenvalue weighted by atomic mass is 10.2. The maximum absolute atomic E-state index is 12.6. The molecule has 2 rings (SSSR count). The van der Waals surface area contributed by atoms with Gasteiger partial charge >= 0.3 is 0 Å². The summed E-state index contributed by atoms with van der Waals surface area (Å²) in [6, 6.07) is 13.9. The lowest BCUT2D eigenvalue weighted by molar-refractivity contribution is 0.337. The summed E-state index contributed by atoms with van der Waals surface area (Å²) in [6.07, 6.45) is 0. The van der Waals surface area contributed by atoms with Crippen molar-refractivity contribution < 1.29 is 13.2 Å². The fraction of sp³-hybridized carbons (Fsp3) is 0.250. The van der Waals surface area contributed by atoms with E-state index in [0.717, 1.165) is 5.56 Å². The minimum atomic E-state index is -3.57. The predicted molar refractivity (Wildman–Crippen MR) is 84.4 cm³/mol. The zero-order chi connectivity index (χ0) is 15.5. The Kier molecular flexibility index (Phi) is 4.53. The number of sulfonamides is 1. The summed E-state index contributed by atoms with van der Waals surface area (Å²) in [7, 11) is -2.02. The fourth-order valence-corrected chi connectivity index (χ4v) is 3.32. The molecule has 0 atom stereocenters. The van der Waals surface area contributed by atoms with Crippen LogP contribution in [0, 0.1) is 6.92 Å². The number of ether oxygens (including phenoxy) is 1. The van der Waals surface area contributed by atoms with Crippen molar-refractivity contribution in [3.63, 3.8) is 0 Å². The molecule has 0 aliphatic heterocycles. The Labute approximate surface area is 126 Å².